The number of aliphatic imine (C=N–C) groups is 1. The van der Waals surface area contributed by atoms with E-state index in [9.17, 15) is 0 Å². The number of anilines is 1. The minimum atomic E-state index is -0.308. The lowest BCUT2D eigenvalue weighted by molar-refractivity contribution is 0.549. The second-order valence-electron chi connectivity index (χ2n) is 16.4. The van der Waals surface area contributed by atoms with Crippen molar-refractivity contribution < 1.29 is 0 Å². The Hall–Kier alpha value is -7.43. The van der Waals surface area contributed by atoms with Gasteiger partial charge in [-0.25, -0.2) is 9.97 Å². The molecule has 60 heavy (non-hydrogen) atoms. The lowest BCUT2D eigenvalue weighted by atomic mass is 9.86. The number of rotatable bonds is 5. The second kappa shape index (κ2) is 13.6. The first kappa shape index (κ1) is 34.6. The van der Waals surface area contributed by atoms with Crippen molar-refractivity contribution in [1.82, 2.24) is 9.97 Å². The molecule has 284 valence electrons. The molecule has 0 spiro atoms. The van der Waals surface area contributed by atoms with Crippen LogP contribution in [-0.4, -0.2) is 27.4 Å². The van der Waals surface area contributed by atoms with Crippen molar-refractivity contribution in [2.45, 2.75) is 24.9 Å². The third kappa shape index (κ3) is 5.34. The number of nitrogens with zero attached hydrogens (tertiary/aromatic N) is 4. The Kier molecular flexibility index (Phi) is 7.83. The maximum Gasteiger partial charge on any atom is 0.112 e. The van der Waals surface area contributed by atoms with E-state index in [0.29, 0.717) is 0 Å². The summed E-state index contributed by atoms with van der Waals surface area (Å²) in [4.78, 5) is 18.7. The molecule has 0 N–H and O–H groups in total. The number of amidine groups is 1. The van der Waals surface area contributed by atoms with Crippen LogP contribution in [0.1, 0.15) is 13.3 Å². The lowest BCUT2D eigenvalue weighted by Gasteiger charge is -2.34. The highest BCUT2D eigenvalue weighted by atomic mass is 15.3. The fourth-order valence-corrected chi connectivity index (χ4v) is 10.0. The van der Waals surface area contributed by atoms with E-state index in [0.717, 1.165) is 61.9 Å². The number of allylic oxidation sites excluding steroid dienone is 5. The highest BCUT2D eigenvalue weighted by Gasteiger charge is 2.45. The van der Waals surface area contributed by atoms with E-state index >= 15 is 0 Å². The number of hydrogen-bond donors (Lipinski definition) is 0. The number of para-hydroxylation sites is 1. The van der Waals surface area contributed by atoms with Gasteiger partial charge in [-0.3, -0.25) is 4.99 Å². The van der Waals surface area contributed by atoms with Crippen LogP contribution >= 0.6 is 0 Å². The van der Waals surface area contributed by atoms with Gasteiger partial charge in [0.05, 0.1) is 28.3 Å². The van der Waals surface area contributed by atoms with E-state index in [1.807, 2.05) is 0 Å². The predicted octanol–water partition coefficient (Wildman–Crippen LogP) is 13.8. The molecule has 0 saturated carbocycles. The Morgan fingerprint density at radius 2 is 1.15 bits per heavy atom. The molecule has 3 atom stereocenters. The fourth-order valence-electron chi connectivity index (χ4n) is 10.0. The van der Waals surface area contributed by atoms with Crippen molar-refractivity contribution in [2.24, 2.45) is 10.9 Å². The van der Waals surface area contributed by atoms with Crippen LogP contribution in [0.15, 0.2) is 205 Å². The summed E-state index contributed by atoms with van der Waals surface area (Å²) in [5.74, 6) is 1.37. The maximum atomic E-state index is 5.56. The van der Waals surface area contributed by atoms with E-state index in [-0.39, 0.29) is 17.5 Å². The van der Waals surface area contributed by atoms with E-state index in [1.54, 1.807) is 0 Å². The summed E-state index contributed by atoms with van der Waals surface area (Å²) in [5, 5.41) is 8.06. The van der Waals surface area contributed by atoms with Crippen LogP contribution in [-0.2, 0) is 0 Å². The molecule has 3 unspecified atom stereocenters. The van der Waals surface area contributed by atoms with Crippen LogP contribution in [0, 0.1) is 5.92 Å². The minimum absolute atomic E-state index is 0.119. The minimum Gasteiger partial charge on any atom is -0.320 e. The standard InChI is InChI=1S/C56H40N4/c1-56-35-15-14-26-49(56)60(55(59-56)39-18-6-3-7-19-39)40-31-27-37(28-32-40)50-41-20-8-10-22-43(41)52(44-23-11-9-21-42(44)50)48-34-30-38-29-33-46-51(36-16-4-2-5-17-36)45-24-12-13-25-47(45)57-54(46)53(38)58-48/h2-18,20-35,39,49H,19H2,1H3. The van der Waals surface area contributed by atoms with Crippen LogP contribution in [0.5, 0.6) is 0 Å². The molecule has 3 aliphatic rings. The predicted molar refractivity (Wildman–Crippen MR) is 253 cm³/mol. The summed E-state index contributed by atoms with van der Waals surface area (Å²) in [5.41, 5.74) is 10.5. The second-order valence-corrected chi connectivity index (χ2v) is 16.4. The number of fused-ring (bicyclic) bond motifs is 7. The average Bonchev–Trinajstić information content (AvgIpc) is 3.63. The van der Waals surface area contributed by atoms with Crippen LogP contribution in [0.2, 0.25) is 0 Å². The van der Waals surface area contributed by atoms with E-state index in [4.69, 9.17) is 15.0 Å². The lowest BCUT2D eigenvalue weighted by Crippen LogP contribution is -2.45. The molecule has 4 nitrogen and oxygen atoms in total. The summed E-state index contributed by atoms with van der Waals surface area (Å²) in [6.45, 7) is 2.25. The normalized spacial score (nSPS) is 19.6. The molecular formula is C56H40N4. The SMILES string of the molecule is CC12C=CC=CC1N(c1ccc(-c3c4ccccc4c(-c4ccc5ccc6c(-c7ccccc7)c7ccccc7nc6c5n4)c4ccccc34)cc1)C(C1C=CC=CC1)=N2. The Labute approximate surface area is 348 Å². The third-order valence-corrected chi connectivity index (χ3v) is 12.8. The van der Waals surface area contributed by atoms with Crippen molar-refractivity contribution in [3.63, 3.8) is 0 Å². The van der Waals surface area contributed by atoms with Gasteiger partial charge in [0.15, 0.2) is 0 Å². The largest absolute Gasteiger partial charge is 0.320 e. The molecule has 1 aliphatic heterocycles. The first-order chi connectivity index (χ1) is 29.6. The molecule has 0 fully saturated rings. The zero-order valence-corrected chi connectivity index (χ0v) is 33.2. The molecule has 7 aromatic carbocycles. The summed E-state index contributed by atoms with van der Waals surface area (Å²) in [6.07, 6.45) is 18.6. The number of pyridine rings is 2. The highest BCUT2D eigenvalue weighted by molar-refractivity contribution is 6.22. The summed E-state index contributed by atoms with van der Waals surface area (Å²) >= 11 is 0. The quantitative estimate of drug-likeness (QED) is 0.129. The van der Waals surface area contributed by atoms with Gasteiger partial charge in [0.2, 0.25) is 0 Å². The molecule has 0 bridgehead atoms. The molecule has 12 rings (SSSR count). The van der Waals surface area contributed by atoms with Crippen LogP contribution < -0.4 is 4.90 Å². The molecule has 2 aromatic heterocycles. The molecule has 0 amide bonds. The van der Waals surface area contributed by atoms with Crippen molar-refractivity contribution in [2.75, 3.05) is 4.90 Å². The summed E-state index contributed by atoms with van der Waals surface area (Å²) in [6, 6.07) is 54.9. The van der Waals surface area contributed by atoms with Gasteiger partial charge in [-0.15, -0.1) is 0 Å². The van der Waals surface area contributed by atoms with Crippen LogP contribution in [0.3, 0.4) is 0 Å². The molecule has 0 saturated heterocycles. The van der Waals surface area contributed by atoms with Crippen LogP contribution in [0.25, 0.3) is 87.8 Å². The van der Waals surface area contributed by atoms with Gasteiger partial charge < -0.3 is 4.90 Å². The van der Waals surface area contributed by atoms with Crippen molar-refractivity contribution in [1.29, 1.82) is 0 Å². The first-order valence-corrected chi connectivity index (χ1v) is 20.9. The monoisotopic (exact) mass is 768 g/mol. The number of aromatic nitrogens is 2. The molecule has 2 aliphatic carbocycles. The van der Waals surface area contributed by atoms with Gasteiger partial charge in [0.25, 0.3) is 0 Å². The zero-order valence-electron chi connectivity index (χ0n) is 33.2. The van der Waals surface area contributed by atoms with E-state index in [1.165, 1.54) is 43.8 Å². The molecule has 4 heteroatoms. The van der Waals surface area contributed by atoms with E-state index < -0.39 is 0 Å². The maximum absolute atomic E-state index is 5.56. The van der Waals surface area contributed by atoms with Crippen LogP contribution in [0.4, 0.5) is 5.69 Å². The van der Waals surface area contributed by atoms with Gasteiger partial charge in [-0.2, -0.15) is 0 Å². The Morgan fingerprint density at radius 3 is 1.88 bits per heavy atom. The van der Waals surface area contributed by atoms with Gasteiger partial charge in [-0.05, 0) is 75.8 Å². The van der Waals surface area contributed by atoms with Gasteiger partial charge >= 0.3 is 0 Å². The fraction of sp³-hybridized carbons (Fsp3) is 0.0893. The van der Waals surface area contributed by atoms with Crippen molar-refractivity contribution in [3.05, 3.63) is 200 Å². The first-order valence-electron chi connectivity index (χ1n) is 20.9. The Balaban J connectivity index is 1.03. The third-order valence-electron chi connectivity index (χ3n) is 12.8. The summed E-state index contributed by atoms with van der Waals surface area (Å²) < 4.78 is 0. The number of hydrogen-bond acceptors (Lipinski definition) is 4. The average molecular weight is 769 g/mol. The summed E-state index contributed by atoms with van der Waals surface area (Å²) in [7, 11) is 0. The Morgan fingerprint density at radius 1 is 0.517 bits per heavy atom. The van der Waals surface area contributed by atoms with Crippen molar-refractivity contribution >= 4 is 65.8 Å². The Bertz CT molecular complexity index is 3320. The molecule has 0 radical (unpaired) electrons. The van der Waals surface area contributed by atoms with Gasteiger partial charge in [0, 0.05) is 38.9 Å². The van der Waals surface area contributed by atoms with Gasteiger partial charge in [0.1, 0.15) is 11.4 Å². The van der Waals surface area contributed by atoms with E-state index in [2.05, 4.69) is 212 Å². The highest BCUT2D eigenvalue weighted by Crippen LogP contribution is 2.46. The van der Waals surface area contributed by atoms with Crippen molar-refractivity contribution in [3.8, 4) is 33.5 Å². The smallest absolute Gasteiger partial charge is 0.112 e. The zero-order chi connectivity index (χ0) is 39.8. The molecular weight excluding hydrogens is 729 g/mol. The molecule has 9 aromatic rings. The van der Waals surface area contributed by atoms with Gasteiger partial charge in [-0.1, -0.05) is 176 Å². The molecule has 3 heterocycles. The topological polar surface area (TPSA) is 41.4 Å². The number of benzene rings is 7.